The molecule has 0 bridgehead atoms. The van der Waals surface area contributed by atoms with E-state index in [1.807, 2.05) is 13.8 Å². The summed E-state index contributed by atoms with van der Waals surface area (Å²) in [6, 6.07) is 3.46. The van der Waals surface area contributed by atoms with Crippen molar-refractivity contribution < 1.29 is 9.90 Å². The first-order chi connectivity index (χ1) is 7.04. The van der Waals surface area contributed by atoms with Crippen LogP contribution in [-0.4, -0.2) is 18.1 Å². The second-order valence-electron chi connectivity index (χ2n) is 3.73. The van der Waals surface area contributed by atoms with Crippen LogP contribution in [0, 0.1) is 13.8 Å². The molecule has 3 nitrogen and oxygen atoms in total. The predicted octanol–water partition coefficient (Wildman–Crippen LogP) is 1.69. The van der Waals surface area contributed by atoms with Crippen molar-refractivity contribution in [2.24, 2.45) is 0 Å². The molecule has 1 amide bonds. The first kappa shape index (κ1) is 11.6. The van der Waals surface area contributed by atoms with Gasteiger partial charge < -0.3 is 10.4 Å². The summed E-state index contributed by atoms with van der Waals surface area (Å²) in [6.45, 7) is 3.90. The maximum atomic E-state index is 11.1. The molecule has 0 saturated heterocycles. The van der Waals surface area contributed by atoms with Crippen LogP contribution in [0.25, 0.3) is 0 Å². The lowest BCUT2D eigenvalue weighted by atomic mass is 9.98. The molecule has 2 N–H and O–H groups in total. The second-order valence-corrected chi connectivity index (χ2v) is 3.73. The molecule has 82 valence electrons. The van der Waals surface area contributed by atoms with Crippen LogP contribution in [0.1, 0.15) is 23.1 Å². The number of hydrogen-bond acceptors (Lipinski definition) is 2. The first-order valence-corrected chi connectivity index (χ1v) is 5.04. The van der Waals surface area contributed by atoms with E-state index in [9.17, 15) is 9.90 Å². The fourth-order valence-electron chi connectivity index (χ4n) is 1.73. The van der Waals surface area contributed by atoms with E-state index in [0.717, 1.165) is 23.1 Å². The Morgan fingerprint density at radius 1 is 1.33 bits per heavy atom. The van der Waals surface area contributed by atoms with Gasteiger partial charge in [-0.1, -0.05) is 0 Å². The van der Waals surface area contributed by atoms with Gasteiger partial charge >= 0.3 is 0 Å². The molecule has 1 rings (SSSR count). The van der Waals surface area contributed by atoms with E-state index >= 15 is 0 Å². The second kappa shape index (κ2) is 4.82. The molecule has 0 spiro atoms. The number of nitrogens with one attached hydrogen (secondary N) is 1. The monoisotopic (exact) mass is 207 g/mol. The highest BCUT2D eigenvalue weighted by molar-refractivity contribution is 5.75. The summed E-state index contributed by atoms with van der Waals surface area (Å²) in [5.41, 5.74) is 3.23. The summed E-state index contributed by atoms with van der Waals surface area (Å²) in [4.78, 5) is 11.1. The number of carbonyl (C=O) groups is 1. The summed E-state index contributed by atoms with van der Waals surface area (Å²) in [7, 11) is 1.64. The normalized spacial score (nSPS) is 10.1. The van der Waals surface area contributed by atoms with Crippen molar-refractivity contribution in [2.45, 2.75) is 26.7 Å². The SMILES string of the molecule is CNC(=O)CCc1c(C)cc(O)cc1C. The number of aromatic hydroxyl groups is 1. The quantitative estimate of drug-likeness (QED) is 0.792. The lowest BCUT2D eigenvalue weighted by Crippen LogP contribution is -2.18. The molecule has 0 aliphatic rings. The minimum absolute atomic E-state index is 0.0434. The maximum Gasteiger partial charge on any atom is 0.220 e. The molecule has 1 aromatic rings. The molecule has 0 heterocycles. The van der Waals surface area contributed by atoms with Gasteiger partial charge in [0.05, 0.1) is 0 Å². The lowest BCUT2D eigenvalue weighted by Gasteiger charge is -2.09. The minimum Gasteiger partial charge on any atom is -0.508 e. The molecule has 0 aliphatic carbocycles. The van der Waals surface area contributed by atoms with Gasteiger partial charge in [-0.2, -0.15) is 0 Å². The standard InChI is InChI=1S/C12H17NO2/c1-8-6-10(14)7-9(2)11(8)4-5-12(15)13-3/h6-7,14H,4-5H2,1-3H3,(H,13,15). The largest absolute Gasteiger partial charge is 0.508 e. The van der Waals surface area contributed by atoms with Gasteiger partial charge in [0, 0.05) is 13.5 Å². The predicted molar refractivity (Wildman–Crippen MR) is 60.0 cm³/mol. The van der Waals surface area contributed by atoms with Crippen LogP contribution >= 0.6 is 0 Å². The van der Waals surface area contributed by atoms with Crippen molar-refractivity contribution >= 4 is 5.91 Å². The number of phenolic OH excluding ortho intramolecular Hbond substituents is 1. The Kier molecular flexibility index (Phi) is 3.72. The van der Waals surface area contributed by atoms with E-state index in [1.54, 1.807) is 19.2 Å². The number of amides is 1. The number of phenols is 1. The smallest absolute Gasteiger partial charge is 0.220 e. The number of hydrogen-bond donors (Lipinski definition) is 2. The van der Waals surface area contributed by atoms with E-state index < -0.39 is 0 Å². The Balaban J connectivity index is 2.81. The highest BCUT2D eigenvalue weighted by Crippen LogP contribution is 2.21. The van der Waals surface area contributed by atoms with E-state index in [1.165, 1.54) is 0 Å². The van der Waals surface area contributed by atoms with Crippen molar-refractivity contribution in [3.8, 4) is 5.75 Å². The number of aryl methyl sites for hydroxylation is 2. The van der Waals surface area contributed by atoms with E-state index in [2.05, 4.69) is 5.32 Å². The molecule has 0 radical (unpaired) electrons. The third kappa shape index (κ3) is 2.98. The molecule has 0 aliphatic heterocycles. The van der Waals surface area contributed by atoms with Crippen molar-refractivity contribution in [1.82, 2.24) is 5.32 Å². The zero-order valence-corrected chi connectivity index (χ0v) is 9.42. The zero-order chi connectivity index (χ0) is 11.4. The van der Waals surface area contributed by atoms with Gasteiger partial charge in [0.1, 0.15) is 5.75 Å². The molecular formula is C12H17NO2. The molecule has 0 fully saturated rings. The van der Waals surface area contributed by atoms with Crippen LogP contribution in [0.15, 0.2) is 12.1 Å². The third-order valence-corrected chi connectivity index (χ3v) is 2.56. The summed E-state index contributed by atoms with van der Waals surface area (Å²) < 4.78 is 0. The van der Waals surface area contributed by atoms with Crippen molar-refractivity contribution in [2.75, 3.05) is 7.05 Å². The van der Waals surface area contributed by atoms with Gasteiger partial charge in [0.25, 0.3) is 0 Å². The van der Waals surface area contributed by atoms with Crippen molar-refractivity contribution in [1.29, 1.82) is 0 Å². The topological polar surface area (TPSA) is 49.3 Å². The average Bonchev–Trinajstić information content (AvgIpc) is 2.15. The van der Waals surface area contributed by atoms with Crippen LogP contribution in [0.4, 0.5) is 0 Å². The first-order valence-electron chi connectivity index (χ1n) is 5.04. The van der Waals surface area contributed by atoms with Gasteiger partial charge in [-0.25, -0.2) is 0 Å². The summed E-state index contributed by atoms with van der Waals surface area (Å²) in [6.07, 6.45) is 1.21. The van der Waals surface area contributed by atoms with Gasteiger partial charge in [0.15, 0.2) is 0 Å². The van der Waals surface area contributed by atoms with Crippen molar-refractivity contribution in [3.63, 3.8) is 0 Å². The third-order valence-electron chi connectivity index (χ3n) is 2.56. The Morgan fingerprint density at radius 2 is 1.87 bits per heavy atom. The fraction of sp³-hybridized carbons (Fsp3) is 0.417. The van der Waals surface area contributed by atoms with E-state index in [4.69, 9.17) is 0 Å². The fourth-order valence-corrected chi connectivity index (χ4v) is 1.73. The van der Waals surface area contributed by atoms with Gasteiger partial charge in [-0.05, 0) is 49.1 Å². The summed E-state index contributed by atoms with van der Waals surface area (Å²) in [5, 5.41) is 12.0. The van der Waals surface area contributed by atoms with Crippen LogP contribution in [0.2, 0.25) is 0 Å². The molecule has 3 heteroatoms. The van der Waals surface area contributed by atoms with Crippen LogP contribution in [0.3, 0.4) is 0 Å². The minimum atomic E-state index is 0.0434. The Hall–Kier alpha value is -1.51. The van der Waals surface area contributed by atoms with Gasteiger partial charge in [-0.15, -0.1) is 0 Å². The maximum absolute atomic E-state index is 11.1. The Labute approximate surface area is 90.1 Å². The van der Waals surface area contributed by atoms with Crippen LogP contribution in [-0.2, 0) is 11.2 Å². The highest BCUT2D eigenvalue weighted by atomic mass is 16.3. The Bertz CT molecular complexity index is 349. The molecule has 0 atom stereocenters. The van der Waals surface area contributed by atoms with Crippen LogP contribution in [0.5, 0.6) is 5.75 Å². The number of carbonyl (C=O) groups excluding carboxylic acids is 1. The molecule has 0 saturated carbocycles. The zero-order valence-electron chi connectivity index (χ0n) is 9.42. The van der Waals surface area contributed by atoms with Crippen LogP contribution < -0.4 is 5.32 Å². The lowest BCUT2D eigenvalue weighted by molar-refractivity contribution is -0.120. The average molecular weight is 207 g/mol. The van der Waals surface area contributed by atoms with E-state index in [0.29, 0.717) is 6.42 Å². The number of benzene rings is 1. The summed E-state index contributed by atoms with van der Waals surface area (Å²) >= 11 is 0. The van der Waals surface area contributed by atoms with Gasteiger partial charge in [0.2, 0.25) is 5.91 Å². The molecular weight excluding hydrogens is 190 g/mol. The van der Waals surface area contributed by atoms with Gasteiger partial charge in [-0.3, -0.25) is 4.79 Å². The molecule has 0 aromatic heterocycles. The number of rotatable bonds is 3. The van der Waals surface area contributed by atoms with Crippen molar-refractivity contribution in [3.05, 3.63) is 28.8 Å². The molecule has 15 heavy (non-hydrogen) atoms. The Morgan fingerprint density at radius 3 is 2.33 bits per heavy atom. The molecule has 1 aromatic carbocycles. The summed E-state index contributed by atoms with van der Waals surface area (Å²) in [5.74, 6) is 0.329. The molecule has 0 unspecified atom stereocenters. The highest BCUT2D eigenvalue weighted by Gasteiger charge is 2.06. The van der Waals surface area contributed by atoms with E-state index in [-0.39, 0.29) is 11.7 Å².